The average Bonchev–Trinajstić information content (AvgIpc) is 2.82. The van der Waals surface area contributed by atoms with Gasteiger partial charge in [0.05, 0.1) is 18.6 Å². The Bertz CT molecular complexity index is 539. The van der Waals surface area contributed by atoms with Crippen LogP contribution in [0, 0.1) is 5.82 Å². The fourth-order valence-electron chi connectivity index (χ4n) is 1.84. The van der Waals surface area contributed by atoms with E-state index in [2.05, 4.69) is 33.2 Å². The molecule has 102 valence electrons. The van der Waals surface area contributed by atoms with Crippen molar-refractivity contribution in [3.05, 3.63) is 52.3 Å². The Morgan fingerprint density at radius 2 is 2.26 bits per heavy atom. The zero-order chi connectivity index (χ0) is 13.7. The van der Waals surface area contributed by atoms with Crippen molar-refractivity contribution in [1.82, 2.24) is 14.9 Å². The Labute approximate surface area is 121 Å². The summed E-state index contributed by atoms with van der Waals surface area (Å²) in [5.74, 6) is -0.192. The van der Waals surface area contributed by atoms with Gasteiger partial charge in [-0.1, -0.05) is 22.9 Å². The monoisotopic (exact) mass is 325 g/mol. The summed E-state index contributed by atoms with van der Waals surface area (Å²) in [6.07, 6.45) is 4.79. The molecule has 2 aromatic rings. The number of nitrogens with zero attached hydrogens (tertiary/aromatic N) is 2. The number of hydrogen-bond acceptors (Lipinski definition) is 2. The van der Waals surface area contributed by atoms with E-state index >= 15 is 0 Å². The summed E-state index contributed by atoms with van der Waals surface area (Å²) in [6.45, 7) is 4.35. The zero-order valence-electron chi connectivity index (χ0n) is 10.9. The maximum Gasteiger partial charge on any atom is 0.128 e. The molecule has 0 bridgehead atoms. The fraction of sp³-hybridized carbons (Fsp3) is 0.357. The van der Waals surface area contributed by atoms with Crippen molar-refractivity contribution >= 4 is 15.9 Å². The van der Waals surface area contributed by atoms with Crippen LogP contribution >= 0.6 is 15.9 Å². The predicted octanol–water partition coefficient (Wildman–Crippen LogP) is 3.33. The zero-order valence-corrected chi connectivity index (χ0v) is 12.5. The van der Waals surface area contributed by atoms with Crippen molar-refractivity contribution < 1.29 is 4.39 Å². The van der Waals surface area contributed by atoms with E-state index in [1.165, 1.54) is 6.07 Å². The van der Waals surface area contributed by atoms with E-state index in [0.29, 0.717) is 12.1 Å². The summed E-state index contributed by atoms with van der Waals surface area (Å²) in [4.78, 5) is 4.30. The molecule has 19 heavy (non-hydrogen) atoms. The first-order valence-corrected chi connectivity index (χ1v) is 7.13. The lowest BCUT2D eigenvalue weighted by molar-refractivity contribution is 0.598. The molecule has 0 amide bonds. The van der Waals surface area contributed by atoms with Crippen molar-refractivity contribution in [2.75, 3.05) is 6.54 Å². The Hall–Kier alpha value is -1.20. The number of aromatic nitrogens is 2. The van der Waals surface area contributed by atoms with Gasteiger partial charge in [0, 0.05) is 22.8 Å². The summed E-state index contributed by atoms with van der Waals surface area (Å²) in [7, 11) is 0. The molecule has 0 saturated carbocycles. The summed E-state index contributed by atoms with van der Waals surface area (Å²) in [5.41, 5.74) is 1.63. The molecular weight excluding hydrogens is 309 g/mol. The van der Waals surface area contributed by atoms with Crippen LogP contribution < -0.4 is 5.32 Å². The van der Waals surface area contributed by atoms with Crippen LogP contribution in [0.2, 0.25) is 0 Å². The van der Waals surface area contributed by atoms with Gasteiger partial charge in [-0.2, -0.15) is 0 Å². The first kappa shape index (κ1) is 14.2. The number of halogens is 2. The highest BCUT2D eigenvalue weighted by molar-refractivity contribution is 9.10. The molecule has 2 rings (SSSR count). The van der Waals surface area contributed by atoms with E-state index in [4.69, 9.17) is 0 Å². The first-order chi connectivity index (χ1) is 9.19. The molecule has 0 fully saturated rings. The standard InChI is InChI=1S/C14H17BrFN3/c1-2-5-17-7-13-9-19(10-18-13)8-11-6-12(15)3-4-14(11)16/h3-4,6,9-10,17H,2,5,7-8H2,1H3. The van der Waals surface area contributed by atoms with E-state index in [0.717, 1.165) is 29.7 Å². The van der Waals surface area contributed by atoms with Crippen LogP contribution in [0.15, 0.2) is 35.2 Å². The lowest BCUT2D eigenvalue weighted by Crippen LogP contribution is -2.13. The van der Waals surface area contributed by atoms with E-state index in [1.54, 1.807) is 18.5 Å². The van der Waals surface area contributed by atoms with Crippen LogP contribution in [0.5, 0.6) is 0 Å². The molecule has 0 aliphatic heterocycles. The predicted molar refractivity (Wildman–Crippen MR) is 77.4 cm³/mol. The van der Waals surface area contributed by atoms with Crippen LogP contribution in [0.1, 0.15) is 24.6 Å². The van der Waals surface area contributed by atoms with Gasteiger partial charge in [0.1, 0.15) is 5.82 Å². The Balaban J connectivity index is 2.01. The highest BCUT2D eigenvalue weighted by atomic mass is 79.9. The van der Waals surface area contributed by atoms with Gasteiger partial charge >= 0.3 is 0 Å². The van der Waals surface area contributed by atoms with Crippen molar-refractivity contribution in [3.63, 3.8) is 0 Å². The maximum atomic E-state index is 13.6. The smallest absolute Gasteiger partial charge is 0.128 e. The van der Waals surface area contributed by atoms with Gasteiger partial charge < -0.3 is 9.88 Å². The summed E-state index contributed by atoms with van der Waals surface area (Å²) >= 11 is 3.36. The lowest BCUT2D eigenvalue weighted by Gasteiger charge is -2.04. The van der Waals surface area contributed by atoms with Crippen LogP contribution in [0.25, 0.3) is 0 Å². The number of nitrogens with one attached hydrogen (secondary N) is 1. The average molecular weight is 326 g/mol. The second kappa shape index (κ2) is 6.82. The highest BCUT2D eigenvalue weighted by Gasteiger charge is 2.05. The molecule has 0 aliphatic rings. The highest BCUT2D eigenvalue weighted by Crippen LogP contribution is 2.16. The van der Waals surface area contributed by atoms with Gasteiger partial charge in [0.15, 0.2) is 0 Å². The minimum absolute atomic E-state index is 0.192. The first-order valence-electron chi connectivity index (χ1n) is 6.34. The molecule has 3 nitrogen and oxygen atoms in total. The number of imidazole rings is 1. The van der Waals surface area contributed by atoms with Crippen LogP contribution in [-0.2, 0) is 13.1 Å². The molecule has 1 aromatic heterocycles. The minimum Gasteiger partial charge on any atom is -0.333 e. The Morgan fingerprint density at radius 3 is 3.05 bits per heavy atom. The van der Waals surface area contributed by atoms with Gasteiger partial charge in [-0.25, -0.2) is 9.37 Å². The fourth-order valence-corrected chi connectivity index (χ4v) is 2.25. The largest absolute Gasteiger partial charge is 0.333 e. The summed E-state index contributed by atoms with van der Waals surface area (Å²) in [6, 6.07) is 4.97. The minimum atomic E-state index is -0.192. The molecule has 0 radical (unpaired) electrons. The number of benzene rings is 1. The van der Waals surface area contributed by atoms with E-state index < -0.39 is 0 Å². The third kappa shape index (κ3) is 4.14. The van der Waals surface area contributed by atoms with Crippen molar-refractivity contribution in [2.24, 2.45) is 0 Å². The number of hydrogen-bond donors (Lipinski definition) is 1. The number of rotatable bonds is 6. The maximum absolute atomic E-state index is 13.6. The quantitative estimate of drug-likeness (QED) is 0.825. The van der Waals surface area contributed by atoms with Crippen LogP contribution in [0.3, 0.4) is 0 Å². The third-order valence-corrected chi connectivity index (χ3v) is 3.27. The second-order valence-corrected chi connectivity index (χ2v) is 5.37. The molecule has 0 spiro atoms. The molecular formula is C14H17BrFN3. The second-order valence-electron chi connectivity index (χ2n) is 4.45. The van der Waals surface area contributed by atoms with Crippen molar-refractivity contribution in [2.45, 2.75) is 26.4 Å². The van der Waals surface area contributed by atoms with Crippen LogP contribution in [0.4, 0.5) is 4.39 Å². The van der Waals surface area contributed by atoms with E-state index in [9.17, 15) is 4.39 Å². The Morgan fingerprint density at radius 1 is 1.42 bits per heavy atom. The van der Waals surface area contributed by atoms with Crippen molar-refractivity contribution in [3.8, 4) is 0 Å². The molecule has 0 atom stereocenters. The Kier molecular flexibility index (Phi) is 5.10. The third-order valence-electron chi connectivity index (χ3n) is 2.78. The lowest BCUT2D eigenvalue weighted by atomic mass is 10.2. The normalized spacial score (nSPS) is 10.9. The molecule has 1 N–H and O–H groups in total. The van der Waals surface area contributed by atoms with Crippen molar-refractivity contribution in [1.29, 1.82) is 0 Å². The molecule has 0 aliphatic carbocycles. The van der Waals surface area contributed by atoms with Gasteiger partial charge in [0.25, 0.3) is 0 Å². The van der Waals surface area contributed by atoms with Gasteiger partial charge in [0.2, 0.25) is 0 Å². The van der Waals surface area contributed by atoms with Gasteiger partial charge in [-0.15, -0.1) is 0 Å². The molecule has 0 unspecified atom stereocenters. The van der Waals surface area contributed by atoms with Gasteiger partial charge in [-0.05, 0) is 31.2 Å². The van der Waals surface area contributed by atoms with Crippen LogP contribution in [-0.4, -0.2) is 16.1 Å². The molecule has 1 heterocycles. The van der Waals surface area contributed by atoms with E-state index in [-0.39, 0.29) is 5.82 Å². The molecule has 0 saturated heterocycles. The molecule has 5 heteroatoms. The summed E-state index contributed by atoms with van der Waals surface area (Å²) in [5, 5.41) is 3.29. The topological polar surface area (TPSA) is 29.9 Å². The van der Waals surface area contributed by atoms with Gasteiger partial charge in [-0.3, -0.25) is 0 Å². The summed E-state index contributed by atoms with van der Waals surface area (Å²) < 4.78 is 16.4. The van der Waals surface area contributed by atoms with E-state index in [1.807, 2.05) is 10.8 Å². The SMILES string of the molecule is CCCNCc1cn(Cc2cc(Br)ccc2F)cn1. The molecule has 1 aromatic carbocycles.